The van der Waals surface area contributed by atoms with Crippen LogP contribution in [0.15, 0.2) is 24.4 Å². The van der Waals surface area contributed by atoms with Crippen molar-refractivity contribution in [3.63, 3.8) is 0 Å². The van der Waals surface area contributed by atoms with Gasteiger partial charge in [0, 0.05) is 6.20 Å². The summed E-state index contributed by atoms with van der Waals surface area (Å²) in [6, 6.07) is 5.29. The van der Waals surface area contributed by atoms with Crippen LogP contribution in [-0.2, 0) is 4.74 Å². The first-order valence-corrected chi connectivity index (χ1v) is 8.74. The maximum atomic E-state index is 14.2. The van der Waals surface area contributed by atoms with E-state index >= 15 is 0 Å². The van der Waals surface area contributed by atoms with Crippen LogP contribution in [0.25, 0.3) is 0 Å². The Morgan fingerprint density at radius 1 is 1.30 bits per heavy atom. The van der Waals surface area contributed by atoms with Crippen LogP contribution in [0.4, 0.5) is 9.18 Å². The summed E-state index contributed by atoms with van der Waals surface area (Å²) in [5.74, 6) is 0.662. The SMILES string of the molecule is O=C1N[C@@H](CC2CCCCC2)[C@H](CC[C@@H](F)c2ccccn2)O1. The van der Waals surface area contributed by atoms with E-state index in [1.807, 2.05) is 0 Å². The molecule has 23 heavy (non-hydrogen) atoms. The van der Waals surface area contributed by atoms with Crippen LogP contribution in [0.1, 0.15) is 63.2 Å². The molecule has 5 heteroatoms. The Bertz CT molecular complexity index is 505. The number of carbonyl (C=O) groups is 1. The van der Waals surface area contributed by atoms with Crippen LogP contribution in [0.5, 0.6) is 0 Å². The van der Waals surface area contributed by atoms with E-state index in [1.165, 1.54) is 32.1 Å². The van der Waals surface area contributed by atoms with Gasteiger partial charge in [-0.15, -0.1) is 0 Å². The lowest BCUT2D eigenvalue weighted by atomic mass is 9.83. The number of nitrogens with one attached hydrogen (secondary N) is 1. The number of aromatic nitrogens is 1. The number of cyclic esters (lactones) is 1. The zero-order valence-corrected chi connectivity index (χ0v) is 13.4. The Morgan fingerprint density at radius 2 is 2.13 bits per heavy atom. The van der Waals surface area contributed by atoms with E-state index in [2.05, 4.69) is 10.3 Å². The van der Waals surface area contributed by atoms with E-state index in [9.17, 15) is 9.18 Å². The van der Waals surface area contributed by atoms with Crippen molar-refractivity contribution >= 4 is 6.09 Å². The van der Waals surface area contributed by atoms with Crippen molar-refractivity contribution in [2.24, 2.45) is 5.92 Å². The fourth-order valence-corrected chi connectivity index (χ4v) is 3.77. The molecule has 0 bridgehead atoms. The van der Waals surface area contributed by atoms with Gasteiger partial charge in [0.25, 0.3) is 0 Å². The number of ether oxygens (including phenoxy) is 1. The van der Waals surface area contributed by atoms with Gasteiger partial charge in [0.1, 0.15) is 12.3 Å². The van der Waals surface area contributed by atoms with Gasteiger partial charge in [-0.3, -0.25) is 4.98 Å². The Labute approximate surface area is 136 Å². The first-order valence-electron chi connectivity index (χ1n) is 8.74. The Hall–Kier alpha value is -1.65. The second-order valence-corrected chi connectivity index (χ2v) is 6.73. The highest BCUT2D eigenvalue weighted by atomic mass is 19.1. The molecule has 1 aliphatic carbocycles. The topological polar surface area (TPSA) is 51.2 Å². The number of carbonyl (C=O) groups excluding carboxylic acids is 1. The molecule has 3 atom stereocenters. The molecule has 1 saturated carbocycles. The lowest BCUT2D eigenvalue weighted by Gasteiger charge is -2.26. The van der Waals surface area contributed by atoms with Crippen molar-refractivity contribution in [3.8, 4) is 0 Å². The molecule has 0 aromatic carbocycles. The lowest BCUT2D eigenvalue weighted by Crippen LogP contribution is -2.34. The van der Waals surface area contributed by atoms with Crippen LogP contribution < -0.4 is 5.32 Å². The maximum Gasteiger partial charge on any atom is 0.407 e. The van der Waals surface area contributed by atoms with Crippen LogP contribution in [0.3, 0.4) is 0 Å². The van der Waals surface area contributed by atoms with Gasteiger partial charge in [-0.2, -0.15) is 0 Å². The molecule has 0 unspecified atom stereocenters. The van der Waals surface area contributed by atoms with Gasteiger partial charge >= 0.3 is 6.09 Å². The van der Waals surface area contributed by atoms with E-state index in [4.69, 9.17) is 4.74 Å². The third kappa shape index (κ3) is 4.43. The Morgan fingerprint density at radius 3 is 2.87 bits per heavy atom. The van der Waals surface area contributed by atoms with Gasteiger partial charge in [0.05, 0.1) is 11.7 Å². The molecular weight excluding hydrogens is 295 g/mol. The maximum absolute atomic E-state index is 14.2. The monoisotopic (exact) mass is 320 g/mol. The van der Waals surface area contributed by atoms with Gasteiger partial charge in [0.2, 0.25) is 0 Å². The summed E-state index contributed by atoms with van der Waals surface area (Å²) in [5, 5.41) is 2.92. The van der Waals surface area contributed by atoms with Crippen molar-refractivity contribution in [2.75, 3.05) is 0 Å². The first kappa shape index (κ1) is 16.2. The van der Waals surface area contributed by atoms with Gasteiger partial charge in [-0.25, -0.2) is 9.18 Å². The van der Waals surface area contributed by atoms with Crippen LogP contribution in [0, 0.1) is 5.92 Å². The predicted molar refractivity (Wildman–Crippen MR) is 85.7 cm³/mol. The third-order valence-electron chi connectivity index (χ3n) is 5.04. The zero-order chi connectivity index (χ0) is 16.1. The summed E-state index contributed by atoms with van der Waals surface area (Å²) in [6.45, 7) is 0. The van der Waals surface area contributed by atoms with E-state index < -0.39 is 6.17 Å². The molecule has 126 valence electrons. The summed E-state index contributed by atoms with van der Waals surface area (Å²) in [4.78, 5) is 15.6. The van der Waals surface area contributed by atoms with Gasteiger partial charge < -0.3 is 10.1 Å². The normalized spacial score (nSPS) is 26.6. The van der Waals surface area contributed by atoms with Gasteiger partial charge in [-0.1, -0.05) is 38.2 Å². The molecule has 1 saturated heterocycles. The van der Waals surface area contributed by atoms with Crippen molar-refractivity contribution in [1.82, 2.24) is 10.3 Å². The summed E-state index contributed by atoms with van der Waals surface area (Å²) in [7, 11) is 0. The summed E-state index contributed by atoms with van der Waals surface area (Å²) in [6.07, 6.45) is 8.10. The molecule has 1 N–H and O–H groups in total. The summed E-state index contributed by atoms with van der Waals surface area (Å²) in [5.41, 5.74) is 0.452. The Kier molecular flexibility index (Phi) is 5.47. The minimum atomic E-state index is -1.11. The molecule has 0 spiro atoms. The molecule has 1 aromatic heterocycles. The largest absolute Gasteiger partial charge is 0.444 e. The van der Waals surface area contributed by atoms with Crippen molar-refractivity contribution in [1.29, 1.82) is 0 Å². The molecule has 0 radical (unpaired) electrons. The smallest absolute Gasteiger partial charge is 0.407 e. The number of rotatable bonds is 6. The second-order valence-electron chi connectivity index (χ2n) is 6.73. The zero-order valence-electron chi connectivity index (χ0n) is 13.4. The van der Waals surface area contributed by atoms with E-state index in [0.29, 0.717) is 24.5 Å². The van der Waals surface area contributed by atoms with Gasteiger partial charge in [-0.05, 0) is 37.3 Å². The number of halogens is 1. The number of nitrogens with zero attached hydrogens (tertiary/aromatic N) is 1. The number of hydrogen-bond donors (Lipinski definition) is 1. The molecule has 2 heterocycles. The first-order chi connectivity index (χ1) is 11.2. The fraction of sp³-hybridized carbons (Fsp3) is 0.667. The molecule has 2 aliphatic rings. The summed E-state index contributed by atoms with van der Waals surface area (Å²) >= 11 is 0. The predicted octanol–water partition coefficient (Wildman–Crippen LogP) is 4.32. The summed E-state index contributed by atoms with van der Waals surface area (Å²) < 4.78 is 19.6. The molecule has 1 aliphatic heterocycles. The van der Waals surface area contributed by atoms with Crippen molar-refractivity contribution < 1.29 is 13.9 Å². The molecule has 1 amide bonds. The highest BCUT2D eigenvalue weighted by Gasteiger charge is 2.36. The van der Waals surface area contributed by atoms with E-state index in [1.54, 1.807) is 24.4 Å². The minimum absolute atomic E-state index is 0.0292. The van der Waals surface area contributed by atoms with Crippen LogP contribution in [-0.4, -0.2) is 23.2 Å². The van der Waals surface area contributed by atoms with E-state index in [0.717, 1.165) is 6.42 Å². The highest BCUT2D eigenvalue weighted by Crippen LogP contribution is 2.31. The fourth-order valence-electron chi connectivity index (χ4n) is 3.77. The standard InChI is InChI=1S/C18H25FN2O2/c19-14(15-8-4-5-11-20-15)9-10-17-16(21-18(22)23-17)12-13-6-2-1-3-7-13/h4-5,8,11,13-14,16-17H,1-3,6-7,9-10,12H2,(H,21,22)/t14-,16+,17+/m1/s1. The molecular formula is C18H25FN2O2. The average molecular weight is 320 g/mol. The quantitative estimate of drug-likeness (QED) is 0.849. The average Bonchev–Trinajstić information content (AvgIpc) is 2.94. The second kappa shape index (κ2) is 7.75. The molecule has 1 aromatic rings. The third-order valence-corrected chi connectivity index (χ3v) is 5.04. The highest BCUT2D eigenvalue weighted by molar-refractivity contribution is 5.70. The Balaban J connectivity index is 1.51. The number of amides is 1. The van der Waals surface area contributed by atoms with Crippen molar-refractivity contribution in [3.05, 3.63) is 30.1 Å². The minimum Gasteiger partial charge on any atom is -0.444 e. The van der Waals surface area contributed by atoms with Gasteiger partial charge in [0.15, 0.2) is 0 Å². The number of pyridine rings is 1. The molecule has 4 nitrogen and oxygen atoms in total. The number of alkyl halides is 1. The van der Waals surface area contributed by atoms with Crippen LogP contribution >= 0.6 is 0 Å². The number of alkyl carbamates (subject to hydrolysis) is 1. The number of hydrogen-bond acceptors (Lipinski definition) is 3. The van der Waals surface area contributed by atoms with E-state index in [-0.39, 0.29) is 18.2 Å². The van der Waals surface area contributed by atoms with Crippen LogP contribution in [0.2, 0.25) is 0 Å². The van der Waals surface area contributed by atoms with Crippen molar-refractivity contribution in [2.45, 2.75) is 69.7 Å². The molecule has 2 fully saturated rings. The lowest BCUT2D eigenvalue weighted by molar-refractivity contribution is 0.111. The molecule has 3 rings (SSSR count).